The van der Waals surface area contributed by atoms with Crippen molar-refractivity contribution >= 4 is 16.7 Å². The Morgan fingerprint density at radius 2 is 2.00 bits per heavy atom. The number of nitrogens with zero attached hydrogens (tertiary/aromatic N) is 2. The molecule has 5 nitrogen and oxygen atoms in total. The number of benzene rings is 2. The number of aromatic nitrogens is 1. The van der Waals surface area contributed by atoms with Crippen molar-refractivity contribution in [1.82, 2.24) is 9.88 Å². The van der Waals surface area contributed by atoms with Crippen LogP contribution in [0.25, 0.3) is 22.0 Å². The molecular formula is C21H18N2O3. The minimum Gasteiger partial charge on any atom is -0.365 e. The number of hydrogen-bond donors (Lipinski definition) is 2. The Morgan fingerprint density at radius 3 is 2.73 bits per heavy atom. The lowest BCUT2D eigenvalue weighted by Crippen LogP contribution is -2.29. The molecule has 5 heteroatoms. The first-order valence-corrected chi connectivity index (χ1v) is 8.35. The molecule has 0 radical (unpaired) electrons. The molecular weight excluding hydrogens is 328 g/mol. The number of aliphatic hydroxyl groups is 2. The number of carbonyl (C=O) groups is 1. The Hall–Kier alpha value is -3.02. The van der Waals surface area contributed by atoms with Crippen LogP contribution in [-0.4, -0.2) is 38.8 Å². The number of amides is 1. The first-order chi connectivity index (χ1) is 12.5. The van der Waals surface area contributed by atoms with Gasteiger partial charge >= 0.3 is 0 Å². The maximum atomic E-state index is 12.7. The highest BCUT2D eigenvalue weighted by atomic mass is 16.5. The van der Waals surface area contributed by atoms with E-state index in [-0.39, 0.29) is 18.0 Å². The van der Waals surface area contributed by atoms with Gasteiger partial charge < -0.3 is 15.1 Å². The van der Waals surface area contributed by atoms with E-state index in [0.717, 1.165) is 27.6 Å². The Kier molecular flexibility index (Phi) is 4.03. The van der Waals surface area contributed by atoms with E-state index in [1.807, 2.05) is 42.5 Å². The second-order valence-corrected chi connectivity index (χ2v) is 6.44. The summed E-state index contributed by atoms with van der Waals surface area (Å²) in [5.74, 6) is -0.119. The Labute approximate surface area is 150 Å². The standard InChI is InChI=1S/C21H18N2O3/c1-13(21(25)26)11-23-12-18-16(20(23)24)8-7-14-5-6-15(10-17(14)18)19-4-2-3-9-22-19/h2-10,21,25-26H,1,11-12H2. The van der Waals surface area contributed by atoms with Crippen molar-refractivity contribution < 1.29 is 15.0 Å². The number of carbonyl (C=O) groups excluding carboxylic acids is 1. The molecule has 2 aromatic carbocycles. The molecule has 4 rings (SSSR count). The molecule has 0 aliphatic carbocycles. The van der Waals surface area contributed by atoms with Crippen molar-refractivity contribution in [3.05, 3.63) is 78.0 Å². The largest absolute Gasteiger partial charge is 0.365 e. The van der Waals surface area contributed by atoms with E-state index in [9.17, 15) is 15.0 Å². The molecule has 1 aliphatic heterocycles. The van der Waals surface area contributed by atoms with Gasteiger partial charge in [-0.25, -0.2) is 0 Å². The van der Waals surface area contributed by atoms with Gasteiger partial charge in [-0.1, -0.05) is 30.8 Å². The monoisotopic (exact) mass is 346 g/mol. The molecule has 0 saturated heterocycles. The van der Waals surface area contributed by atoms with E-state index >= 15 is 0 Å². The molecule has 26 heavy (non-hydrogen) atoms. The maximum Gasteiger partial charge on any atom is 0.254 e. The van der Waals surface area contributed by atoms with E-state index in [1.54, 1.807) is 11.1 Å². The van der Waals surface area contributed by atoms with Gasteiger partial charge in [0.25, 0.3) is 5.91 Å². The van der Waals surface area contributed by atoms with Gasteiger partial charge in [-0.15, -0.1) is 0 Å². The van der Waals surface area contributed by atoms with Gasteiger partial charge in [-0.2, -0.15) is 0 Å². The first kappa shape index (κ1) is 16.4. The van der Waals surface area contributed by atoms with Crippen LogP contribution in [0.1, 0.15) is 15.9 Å². The molecule has 3 aromatic rings. The fourth-order valence-corrected chi connectivity index (χ4v) is 3.33. The third kappa shape index (κ3) is 2.77. The van der Waals surface area contributed by atoms with Gasteiger partial charge in [0, 0.05) is 30.4 Å². The zero-order valence-electron chi connectivity index (χ0n) is 14.1. The number of fused-ring (bicyclic) bond motifs is 3. The smallest absolute Gasteiger partial charge is 0.254 e. The zero-order chi connectivity index (χ0) is 18.3. The van der Waals surface area contributed by atoms with Crippen LogP contribution in [-0.2, 0) is 6.54 Å². The molecule has 0 saturated carbocycles. The minimum absolute atomic E-state index is 0.118. The highest BCUT2D eigenvalue weighted by Gasteiger charge is 2.29. The average molecular weight is 346 g/mol. The van der Waals surface area contributed by atoms with E-state index in [0.29, 0.717) is 12.1 Å². The molecule has 0 fully saturated rings. The predicted octanol–water partition coefficient (Wildman–Crippen LogP) is 2.72. The third-order valence-electron chi connectivity index (χ3n) is 4.72. The van der Waals surface area contributed by atoms with E-state index in [2.05, 4.69) is 17.6 Å². The summed E-state index contributed by atoms with van der Waals surface area (Å²) < 4.78 is 0. The Bertz CT molecular complexity index is 1010. The average Bonchev–Trinajstić information content (AvgIpc) is 2.98. The summed E-state index contributed by atoms with van der Waals surface area (Å²) in [4.78, 5) is 18.6. The first-order valence-electron chi connectivity index (χ1n) is 8.35. The van der Waals surface area contributed by atoms with Crippen LogP contribution >= 0.6 is 0 Å². The number of pyridine rings is 1. The molecule has 2 N–H and O–H groups in total. The van der Waals surface area contributed by atoms with Gasteiger partial charge in [-0.05, 0) is 46.2 Å². The fourth-order valence-electron chi connectivity index (χ4n) is 3.33. The molecule has 0 bridgehead atoms. The van der Waals surface area contributed by atoms with E-state index in [1.165, 1.54) is 0 Å². The summed E-state index contributed by atoms with van der Waals surface area (Å²) in [6.45, 7) is 4.17. The summed E-state index contributed by atoms with van der Waals surface area (Å²) in [7, 11) is 0. The second kappa shape index (κ2) is 6.37. The van der Waals surface area contributed by atoms with Gasteiger partial charge in [0.2, 0.25) is 0 Å². The normalized spacial score (nSPS) is 13.5. The van der Waals surface area contributed by atoms with Gasteiger partial charge in [0.05, 0.1) is 5.69 Å². The Balaban J connectivity index is 1.76. The van der Waals surface area contributed by atoms with Crippen molar-refractivity contribution in [2.24, 2.45) is 0 Å². The molecule has 1 amide bonds. The van der Waals surface area contributed by atoms with E-state index < -0.39 is 6.29 Å². The topological polar surface area (TPSA) is 73.7 Å². The van der Waals surface area contributed by atoms with Crippen molar-refractivity contribution in [3.8, 4) is 11.3 Å². The Morgan fingerprint density at radius 1 is 1.19 bits per heavy atom. The molecule has 1 aromatic heterocycles. The maximum absolute atomic E-state index is 12.7. The SMILES string of the molecule is C=C(CN1Cc2c(ccc3ccc(-c4ccccn4)cc23)C1=O)C(O)O. The van der Waals surface area contributed by atoms with Crippen LogP contribution in [0.15, 0.2) is 66.9 Å². The molecule has 130 valence electrons. The van der Waals surface area contributed by atoms with Gasteiger partial charge in [-0.3, -0.25) is 9.78 Å². The summed E-state index contributed by atoms with van der Waals surface area (Å²) in [6, 6.07) is 15.7. The van der Waals surface area contributed by atoms with Crippen LogP contribution < -0.4 is 0 Å². The van der Waals surface area contributed by atoms with Crippen molar-refractivity contribution in [1.29, 1.82) is 0 Å². The van der Waals surface area contributed by atoms with Crippen LogP contribution in [0, 0.1) is 0 Å². The summed E-state index contributed by atoms with van der Waals surface area (Å²) >= 11 is 0. The zero-order valence-corrected chi connectivity index (χ0v) is 14.1. The molecule has 0 spiro atoms. The quantitative estimate of drug-likeness (QED) is 0.563. The highest BCUT2D eigenvalue weighted by Crippen LogP contribution is 2.33. The molecule has 0 unspecified atom stereocenters. The lowest BCUT2D eigenvalue weighted by Gasteiger charge is -2.18. The van der Waals surface area contributed by atoms with Crippen LogP contribution in [0.3, 0.4) is 0 Å². The lowest BCUT2D eigenvalue weighted by molar-refractivity contribution is -0.0118. The van der Waals surface area contributed by atoms with Crippen LogP contribution in [0.5, 0.6) is 0 Å². The van der Waals surface area contributed by atoms with Crippen molar-refractivity contribution in [2.45, 2.75) is 12.8 Å². The number of aliphatic hydroxyl groups excluding tert-OH is 1. The van der Waals surface area contributed by atoms with Crippen LogP contribution in [0.4, 0.5) is 0 Å². The predicted molar refractivity (Wildman–Crippen MR) is 99.3 cm³/mol. The summed E-state index contributed by atoms with van der Waals surface area (Å²) in [5, 5.41) is 20.5. The molecule has 0 atom stereocenters. The van der Waals surface area contributed by atoms with Crippen LogP contribution in [0.2, 0.25) is 0 Å². The number of hydrogen-bond acceptors (Lipinski definition) is 4. The lowest BCUT2D eigenvalue weighted by atomic mass is 9.98. The number of rotatable bonds is 4. The summed E-state index contributed by atoms with van der Waals surface area (Å²) in [6.07, 6.45) is 0.130. The van der Waals surface area contributed by atoms with Crippen molar-refractivity contribution in [2.75, 3.05) is 6.54 Å². The van der Waals surface area contributed by atoms with E-state index in [4.69, 9.17) is 0 Å². The summed E-state index contributed by atoms with van der Waals surface area (Å²) in [5.41, 5.74) is 3.67. The van der Waals surface area contributed by atoms with Gasteiger partial charge in [0.15, 0.2) is 6.29 Å². The minimum atomic E-state index is -1.63. The molecule has 2 heterocycles. The second-order valence-electron chi connectivity index (χ2n) is 6.44. The third-order valence-corrected chi connectivity index (χ3v) is 4.72. The van der Waals surface area contributed by atoms with Crippen molar-refractivity contribution in [3.63, 3.8) is 0 Å². The highest BCUT2D eigenvalue weighted by molar-refractivity contribution is 6.05. The molecule has 1 aliphatic rings. The fraction of sp³-hybridized carbons (Fsp3) is 0.143. The van der Waals surface area contributed by atoms with Gasteiger partial charge in [0.1, 0.15) is 0 Å².